The Bertz CT molecular complexity index is 248. The van der Waals surface area contributed by atoms with Gasteiger partial charge in [0.15, 0.2) is 5.50 Å². The topological polar surface area (TPSA) is 54.4 Å². The summed E-state index contributed by atoms with van der Waals surface area (Å²) in [5, 5.41) is 8.90. The van der Waals surface area contributed by atoms with Crippen LogP contribution in [0.15, 0.2) is 0 Å². The molecule has 0 aromatic rings. The average molecular weight is 237 g/mol. The molecule has 5 heteroatoms. The lowest BCUT2D eigenvalue weighted by atomic mass is 9.98. The second-order valence-electron chi connectivity index (χ2n) is 4.50. The van der Waals surface area contributed by atoms with Crippen molar-refractivity contribution in [2.24, 2.45) is 5.92 Å². The minimum Gasteiger partial charge on any atom is -0.481 e. The van der Waals surface area contributed by atoms with Crippen LogP contribution in [-0.2, 0) is 9.59 Å². The second-order valence-corrected chi connectivity index (χ2v) is 5.00. The van der Waals surface area contributed by atoms with Crippen molar-refractivity contribution in [3.8, 4) is 0 Å². The van der Waals surface area contributed by atoms with Crippen molar-refractivity contribution in [3.63, 3.8) is 0 Å². The number of aliphatic carboxylic acids is 1. The standard InChI is InChI=1S/C10H18ClNO3/c1-5-8(13)7(10(14)15)6-9(11)12(2,3)4/h7,9H,5-6H2,1-4H3/p+1/t7-,9-/m0/s1. The molecule has 4 nitrogen and oxygen atoms in total. The zero-order chi connectivity index (χ0) is 12.2. The first-order valence-electron chi connectivity index (χ1n) is 4.90. The van der Waals surface area contributed by atoms with E-state index in [4.69, 9.17) is 16.7 Å². The highest BCUT2D eigenvalue weighted by molar-refractivity contribution is 6.20. The van der Waals surface area contributed by atoms with Crippen LogP contribution in [0.25, 0.3) is 0 Å². The summed E-state index contributed by atoms with van der Waals surface area (Å²) >= 11 is 6.05. The summed E-state index contributed by atoms with van der Waals surface area (Å²) in [6.07, 6.45) is 0.408. The van der Waals surface area contributed by atoms with Crippen LogP contribution in [-0.4, -0.2) is 48.0 Å². The van der Waals surface area contributed by atoms with Crippen LogP contribution in [0.3, 0.4) is 0 Å². The zero-order valence-electron chi connectivity index (χ0n) is 9.66. The Labute approximate surface area is 95.4 Å². The molecule has 0 bridgehead atoms. The highest BCUT2D eigenvalue weighted by atomic mass is 35.5. The van der Waals surface area contributed by atoms with Gasteiger partial charge >= 0.3 is 5.97 Å². The fourth-order valence-corrected chi connectivity index (χ4v) is 1.31. The number of rotatable bonds is 6. The first-order chi connectivity index (χ1) is 6.70. The third-order valence-corrected chi connectivity index (χ3v) is 3.07. The molecule has 0 rings (SSSR count). The lowest BCUT2D eigenvalue weighted by Crippen LogP contribution is -2.44. The van der Waals surface area contributed by atoms with E-state index >= 15 is 0 Å². The van der Waals surface area contributed by atoms with E-state index in [-0.39, 0.29) is 24.1 Å². The molecule has 1 N–H and O–H groups in total. The van der Waals surface area contributed by atoms with Gasteiger partial charge in [-0.3, -0.25) is 9.59 Å². The van der Waals surface area contributed by atoms with Gasteiger partial charge in [-0.25, -0.2) is 0 Å². The zero-order valence-corrected chi connectivity index (χ0v) is 10.4. The van der Waals surface area contributed by atoms with E-state index in [0.717, 1.165) is 0 Å². The molecular weight excluding hydrogens is 218 g/mol. The molecule has 0 fully saturated rings. The second kappa shape index (κ2) is 5.47. The summed E-state index contributed by atoms with van der Waals surface area (Å²) in [6.45, 7) is 1.66. The summed E-state index contributed by atoms with van der Waals surface area (Å²) in [4.78, 5) is 22.2. The molecule has 0 aromatic carbocycles. The number of carbonyl (C=O) groups is 2. The lowest BCUT2D eigenvalue weighted by molar-refractivity contribution is -0.883. The van der Waals surface area contributed by atoms with Gasteiger partial charge in [-0.15, -0.1) is 0 Å². The Morgan fingerprint density at radius 1 is 1.33 bits per heavy atom. The molecule has 0 unspecified atom stereocenters. The third kappa shape index (κ3) is 4.62. The molecule has 0 saturated carbocycles. The lowest BCUT2D eigenvalue weighted by Gasteiger charge is -2.30. The van der Waals surface area contributed by atoms with E-state index in [0.29, 0.717) is 4.48 Å². The normalized spacial score (nSPS) is 15.8. The van der Waals surface area contributed by atoms with Crippen LogP contribution in [0.4, 0.5) is 0 Å². The van der Waals surface area contributed by atoms with E-state index in [1.165, 1.54) is 0 Å². The molecule has 2 atom stereocenters. The summed E-state index contributed by atoms with van der Waals surface area (Å²) < 4.78 is 0.433. The number of carbonyl (C=O) groups excluding carboxylic acids is 1. The van der Waals surface area contributed by atoms with Crippen molar-refractivity contribution in [1.29, 1.82) is 0 Å². The first-order valence-corrected chi connectivity index (χ1v) is 5.34. The maximum Gasteiger partial charge on any atom is 0.314 e. The van der Waals surface area contributed by atoms with Gasteiger partial charge in [0.05, 0.1) is 21.1 Å². The Morgan fingerprint density at radius 3 is 2.07 bits per heavy atom. The molecule has 0 radical (unpaired) electrons. The molecular formula is C10H19ClNO3+. The number of hydrogen-bond donors (Lipinski definition) is 1. The fraction of sp³-hybridized carbons (Fsp3) is 0.800. The smallest absolute Gasteiger partial charge is 0.314 e. The number of carboxylic acid groups (broad SMARTS) is 1. The SMILES string of the molecule is CCC(=O)[C@H](C[C@@H](Cl)[N+](C)(C)C)C(=O)O. The van der Waals surface area contributed by atoms with Gasteiger partial charge in [-0.1, -0.05) is 18.5 Å². The average Bonchev–Trinajstić information content (AvgIpc) is 2.10. The van der Waals surface area contributed by atoms with Gasteiger partial charge in [0, 0.05) is 12.8 Å². The molecule has 0 aliphatic rings. The quantitative estimate of drug-likeness (QED) is 0.328. The highest BCUT2D eigenvalue weighted by Gasteiger charge is 2.32. The van der Waals surface area contributed by atoms with Crippen LogP contribution < -0.4 is 0 Å². The molecule has 0 aromatic heterocycles. The van der Waals surface area contributed by atoms with Gasteiger partial charge in [0.2, 0.25) is 0 Å². The highest BCUT2D eigenvalue weighted by Crippen LogP contribution is 2.19. The van der Waals surface area contributed by atoms with Crippen molar-refractivity contribution in [2.45, 2.75) is 25.3 Å². The van der Waals surface area contributed by atoms with E-state index in [1.807, 2.05) is 21.1 Å². The largest absolute Gasteiger partial charge is 0.481 e. The Kier molecular flexibility index (Phi) is 5.24. The summed E-state index contributed by atoms with van der Waals surface area (Å²) in [6, 6.07) is 0. The van der Waals surface area contributed by atoms with E-state index in [2.05, 4.69) is 0 Å². The first kappa shape index (κ1) is 14.4. The third-order valence-electron chi connectivity index (χ3n) is 2.31. The van der Waals surface area contributed by atoms with Crippen LogP contribution in [0.1, 0.15) is 19.8 Å². The summed E-state index contributed by atoms with van der Waals surface area (Å²) in [5.74, 6) is -2.32. The minimum atomic E-state index is -1.08. The maximum atomic E-state index is 11.4. The molecule has 88 valence electrons. The molecule has 0 saturated heterocycles. The molecule has 15 heavy (non-hydrogen) atoms. The van der Waals surface area contributed by atoms with E-state index in [1.54, 1.807) is 6.92 Å². The van der Waals surface area contributed by atoms with Gasteiger partial charge in [-0.05, 0) is 0 Å². The number of halogens is 1. The summed E-state index contributed by atoms with van der Waals surface area (Å²) in [5.41, 5.74) is -0.374. The Hall–Kier alpha value is -0.610. The number of hydrogen-bond acceptors (Lipinski definition) is 2. The van der Waals surface area contributed by atoms with Crippen molar-refractivity contribution < 1.29 is 19.2 Å². The predicted molar refractivity (Wildman–Crippen MR) is 58.7 cm³/mol. The van der Waals surface area contributed by atoms with E-state index < -0.39 is 11.9 Å². The maximum absolute atomic E-state index is 11.4. The van der Waals surface area contributed by atoms with Crippen molar-refractivity contribution >= 4 is 23.4 Å². The van der Waals surface area contributed by atoms with E-state index in [9.17, 15) is 9.59 Å². The molecule has 0 aliphatic carbocycles. The Balaban J connectivity index is 4.57. The van der Waals surface area contributed by atoms with Crippen LogP contribution in [0.2, 0.25) is 0 Å². The van der Waals surface area contributed by atoms with Crippen LogP contribution >= 0.6 is 11.6 Å². The number of alkyl halides is 1. The number of nitrogens with zero attached hydrogens (tertiary/aromatic N) is 1. The number of ketones is 1. The van der Waals surface area contributed by atoms with Gasteiger partial charge in [0.1, 0.15) is 11.7 Å². The minimum absolute atomic E-state index is 0.174. The number of carboxylic acids is 1. The molecule has 0 spiro atoms. The van der Waals surface area contributed by atoms with Gasteiger partial charge in [-0.2, -0.15) is 0 Å². The van der Waals surface area contributed by atoms with Gasteiger partial charge in [0.25, 0.3) is 0 Å². The van der Waals surface area contributed by atoms with Crippen molar-refractivity contribution in [2.75, 3.05) is 21.1 Å². The predicted octanol–water partition coefficient (Wildman–Crippen LogP) is 1.33. The number of quaternary nitrogens is 1. The van der Waals surface area contributed by atoms with Crippen LogP contribution in [0, 0.1) is 5.92 Å². The molecule has 0 heterocycles. The monoisotopic (exact) mass is 236 g/mol. The molecule has 0 aliphatic heterocycles. The fourth-order valence-electron chi connectivity index (χ4n) is 1.13. The van der Waals surface area contributed by atoms with Crippen LogP contribution in [0.5, 0.6) is 0 Å². The molecule has 0 amide bonds. The van der Waals surface area contributed by atoms with Crippen molar-refractivity contribution in [1.82, 2.24) is 0 Å². The number of Topliss-reactive ketones (excluding diaryl/α,β-unsaturated/α-hetero) is 1. The summed E-state index contributed by atoms with van der Waals surface area (Å²) in [7, 11) is 5.60. The van der Waals surface area contributed by atoms with Gasteiger partial charge < -0.3 is 9.59 Å². The Morgan fingerprint density at radius 2 is 1.80 bits per heavy atom. The van der Waals surface area contributed by atoms with Crippen molar-refractivity contribution in [3.05, 3.63) is 0 Å².